The number of phenolic OH excluding ortho intramolecular Hbond substituents is 1. The molecule has 0 aliphatic rings. The molecule has 0 aliphatic heterocycles. The van der Waals surface area contributed by atoms with Crippen molar-refractivity contribution in [3.8, 4) is 11.5 Å². The highest BCUT2D eigenvalue weighted by molar-refractivity contribution is 5.85. The van der Waals surface area contributed by atoms with Gasteiger partial charge in [0.05, 0.1) is 13.3 Å². The van der Waals surface area contributed by atoms with E-state index in [1.807, 2.05) is 30.3 Å². The summed E-state index contributed by atoms with van der Waals surface area (Å²) < 4.78 is 10.2. The number of ether oxygens (including phenoxy) is 2. The summed E-state index contributed by atoms with van der Waals surface area (Å²) in [7, 11) is 2.96. The molecule has 0 saturated heterocycles. The number of hydrazone groups is 1. The van der Waals surface area contributed by atoms with Gasteiger partial charge in [0.15, 0.2) is 11.5 Å². The minimum absolute atomic E-state index is 0. The Bertz CT molecular complexity index is 692. The third-order valence-electron chi connectivity index (χ3n) is 3.05. The third kappa shape index (κ3) is 5.48. The lowest BCUT2D eigenvalue weighted by Gasteiger charge is -2.11. The number of halogens is 1. The Morgan fingerprint density at radius 3 is 2.62 bits per heavy atom. The van der Waals surface area contributed by atoms with Gasteiger partial charge < -0.3 is 14.6 Å². The number of methoxy groups -OCH3 is 1. The van der Waals surface area contributed by atoms with Crippen molar-refractivity contribution in [1.82, 2.24) is 5.01 Å². The Hall–Kier alpha value is -2.73. The van der Waals surface area contributed by atoms with Crippen LogP contribution in [0.4, 0.5) is 4.79 Å². The van der Waals surface area contributed by atoms with E-state index < -0.39 is 6.09 Å². The molecule has 0 radical (unpaired) electrons. The van der Waals surface area contributed by atoms with Crippen LogP contribution in [-0.2, 0) is 11.3 Å². The topological polar surface area (TPSA) is 71.4 Å². The maximum Gasteiger partial charge on any atom is 0.430 e. The summed E-state index contributed by atoms with van der Waals surface area (Å²) in [6.45, 7) is 0.187. The average molecular weight is 351 g/mol. The number of amides is 1. The van der Waals surface area contributed by atoms with Crippen molar-refractivity contribution in [1.29, 1.82) is 0 Å². The third-order valence-corrected chi connectivity index (χ3v) is 3.05. The Morgan fingerprint density at radius 2 is 1.96 bits per heavy atom. The Kier molecular flexibility index (Phi) is 7.58. The normalized spacial score (nSPS) is 10.1. The molecule has 0 unspecified atom stereocenters. The van der Waals surface area contributed by atoms with Gasteiger partial charge in [-0.05, 0) is 29.3 Å². The lowest BCUT2D eigenvalue weighted by molar-refractivity contribution is 0.106. The van der Waals surface area contributed by atoms with Gasteiger partial charge in [-0.2, -0.15) is 5.10 Å². The van der Waals surface area contributed by atoms with Crippen LogP contribution in [0.5, 0.6) is 11.5 Å². The van der Waals surface area contributed by atoms with Crippen LogP contribution in [0.2, 0.25) is 0 Å². The molecule has 128 valence electrons. The molecule has 0 atom stereocenters. The number of aromatic hydroxyl groups is 1. The van der Waals surface area contributed by atoms with Crippen molar-refractivity contribution in [3.05, 3.63) is 59.7 Å². The smallest absolute Gasteiger partial charge is 0.430 e. The highest BCUT2D eigenvalue weighted by Crippen LogP contribution is 2.25. The molecular formula is C17H19ClN2O4. The first kappa shape index (κ1) is 19.3. The van der Waals surface area contributed by atoms with Crippen molar-refractivity contribution >= 4 is 24.7 Å². The van der Waals surface area contributed by atoms with Gasteiger partial charge in [-0.15, -0.1) is 12.4 Å². The molecule has 0 bridgehead atoms. The summed E-state index contributed by atoms with van der Waals surface area (Å²) in [5.41, 5.74) is 1.59. The fourth-order valence-corrected chi connectivity index (χ4v) is 1.79. The summed E-state index contributed by atoms with van der Waals surface area (Å²) in [5.74, 6) is 0.378. The Balaban J connectivity index is 0.00000288. The van der Waals surface area contributed by atoms with Gasteiger partial charge in [-0.3, -0.25) is 0 Å². The van der Waals surface area contributed by atoms with Crippen LogP contribution < -0.4 is 4.74 Å². The van der Waals surface area contributed by atoms with Crippen molar-refractivity contribution in [2.24, 2.45) is 5.10 Å². The second-order valence-electron chi connectivity index (χ2n) is 4.74. The molecule has 0 aromatic heterocycles. The van der Waals surface area contributed by atoms with E-state index in [-0.39, 0.29) is 24.8 Å². The predicted octanol–water partition coefficient (Wildman–Crippen LogP) is 3.43. The second-order valence-corrected chi connectivity index (χ2v) is 4.74. The zero-order chi connectivity index (χ0) is 16.7. The molecule has 7 heteroatoms. The molecule has 0 saturated carbocycles. The number of rotatable bonds is 5. The number of hydrogen-bond donors (Lipinski definition) is 1. The maximum atomic E-state index is 11.8. The molecule has 0 heterocycles. The fourth-order valence-electron chi connectivity index (χ4n) is 1.79. The fraction of sp³-hybridized carbons (Fsp3) is 0.176. The van der Waals surface area contributed by atoms with Crippen molar-refractivity contribution in [3.63, 3.8) is 0 Å². The van der Waals surface area contributed by atoms with Crippen LogP contribution in [0.25, 0.3) is 0 Å². The number of phenols is 1. The van der Waals surface area contributed by atoms with E-state index in [1.54, 1.807) is 12.1 Å². The number of nitrogens with zero attached hydrogens (tertiary/aromatic N) is 2. The zero-order valence-electron chi connectivity index (χ0n) is 13.4. The molecule has 0 fully saturated rings. The van der Waals surface area contributed by atoms with Crippen LogP contribution in [0.15, 0.2) is 53.6 Å². The lowest BCUT2D eigenvalue weighted by Crippen LogP contribution is -2.22. The largest absolute Gasteiger partial charge is 0.504 e. The Labute approximate surface area is 146 Å². The van der Waals surface area contributed by atoms with E-state index in [1.165, 1.54) is 26.4 Å². The molecular weight excluding hydrogens is 332 g/mol. The number of carbonyl (C=O) groups is 1. The molecule has 6 nitrogen and oxygen atoms in total. The SMILES string of the molecule is COc1cc(/C=N/N(C)C(=O)OCc2ccccc2)ccc1O.Cl. The first-order valence-corrected chi connectivity index (χ1v) is 6.95. The summed E-state index contributed by atoms with van der Waals surface area (Å²) in [6, 6.07) is 14.2. The van der Waals surface area contributed by atoms with Gasteiger partial charge in [0.25, 0.3) is 0 Å². The molecule has 2 aromatic carbocycles. The van der Waals surface area contributed by atoms with Gasteiger partial charge in [-0.1, -0.05) is 30.3 Å². The minimum atomic E-state index is -0.559. The summed E-state index contributed by atoms with van der Waals surface area (Å²) in [6.07, 6.45) is 0.919. The van der Waals surface area contributed by atoms with Crippen LogP contribution in [0.3, 0.4) is 0 Å². The van der Waals surface area contributed by atoms with Crippen LogP contribution in [0, 0.1) is 0 Å². The summed E-state index contributed by atoms with van der Waals surface area (Å²) in [5, 5.41) is 14.6. The highest BCUT2D eigenvalue weighted by Gasteiger charge is 2.08. The van der Waals surface area contributed by atoms with Gasteiger partial charge in [0, 0.05) is 7.05 Å². The van der Waals surface area contributed by atoms with Gasteiger partial charge >= 0.3 is 6.09 Å². The second kappa shape index (κ2) is 9.42. The highest BCUT2D eigenvalue weighted by atomic mass is 35.5. The van der Waals surface area contributed by atoms with Crippen molar-refractivity contribution in [2.75, 3.05) is 14.2 Å². The predicted molar refractivity (Wildman–Crippen MR) is 93.9 cm³/mol. The summed E-state index contributed by atoms with van der Waals surface area (Å²) in [4.78, 5) is 11.8. The standard InChI is InChI=1S/C17H18N2O4.ClH/c1-19(17(21)23-12-13-6-4-3-5-7-13)18-11-14-8-9-15(20)16(10-14)22-2;/h3-11,20H,12H2,1-2H3;1H/b18-11+;. The zero-order valence-corrected chi connectivity index (χ0v) is 14.2. The van der Waals surface area contributed by atoms with E-state index >= 15 is 0 Å². The van der Waals surface area contributed by atoms with E-state index in [0.717, 1.165) is 10.6 Å². The van der Waals surface area contributed by atoms with Crippen molar-refractivity contribution in [2.45, 2.75) is 6.61 Å². The average Bonchev–Trinajstić information content (AvgIpc) is 2.59. The van der Waals surface area contributed by atoms with Gasteiger partial charge in [0.1, 0.15) is 6.61 Å². The minimum Gasteiger partial charge on any atom is -0.504 e. The first-order chi connectivity index (χ1) is 11.1. The lowest BCUT2D eigenvalue weighted by atomic mass is 10.2. The van der Waals surface area contributed by atoms with Crippen LogP contribution in [-0.4, -0.2) is 36.6 Å². The number of hydrogen-bond acceptors (Lipinski definition) is 5. The molecule has 1 amide bonds. The molecule has 0 aliphatic carbocycles. The van der Waals surface area contributed by atoms with Crippen molar-refractivity contribution < 1.29 is 19.4 Å². The Morgan fingerprint density at radius 1 is 1.25 bits per heavy atom. The van der Waals surface area contributed by atoms with E-state index in [4.69, 9.17) is 9.47 Å². The maximum absolute atomic E-state index is 11.8. The van der Waals surface area contributed by atoms with E-state index in [2.05, 4.69) is 5.10 Å². The summed E-state index contributed by atoms with van der Waals surface area (Å²) >= 11 is 0. The molecule has 2 aromatic rings. The molecule has 0 spiro atoms. The monoisotopic (exact) mass is 350 g/mol. The van der Waals surface area contributed by atoms with Crippen LogP contribution >= 0.6 is 12.4 Å². The first-order valence-electron chi connectivity index (χ1n) is 6.95. The molecule has 1 N–H and O–H groups in total. The number of carbonyl (C=O) groups excluding carboxylic acids is 1. The quantitative estimate of drug-likeness (QED) is 0.662. The van der Waals surface area contributed by atoms with Gasteiger partial charge in [-0.25, -0.2) is 9.80 Å². The van der Waals surface area contributed by atoms with E-state index in [0.29, 0.717) is 11.3 Å². The van der Waals surface area contributed by atoms with Gasteiger partial charge in [0.2, 0.25) is 0 Å². The molecule has 2 rings (SSSR count). The molecule has 24 heavy (non-hydrogen) atoms. The van der Waals surface area contributed by atoms with E-state index in [9.17, 15) is 9.90 Å². The number of benzene rings is 2. The van der Waals surface area contributed by atoms with Crippen LogP contribution in [0.1, 0.15) is 11.1 Å².